The summed E-state index contributed by atoms with van der Waals surface area (Å²) in [5.41, 5.74) is 2.34. The predicted octanol–water partition coefficient (Wildman–Crippen LogP) is 6.40. The zero-order chi connectivity index (χ0) is 20.5. The fourth-order valence-electron chi connectivity index (χ4n) is 4.48. The van der Waals surface area contributed by atoms with Crippen LogP contribution in [0.3, 0.4) is 0 Å². The van der Waals surface area contributed by atoms with Crippen LogP contribution in [0, 0.1) is 16.7 Å². The maximum atomic E-state index is 4.28. The average Bonchev–Trinajstić information content (AvgIpc) is 2.67. The number of nitrogens with zero attached hydrogens (tertiary/aromatic N) is 2. The molecule has 27 heavy (non-hydrogen) atoms. The minimum absolute atomic E-state index is 0.442. The molecule has 1 heterocycles. The van der Waals surface area contributed by atoms with Crippen molar-refractivity contribution in [2.45, 2.75) is 79.1 Å². The normalized spacial score (nSPS) is 21.0. The van der Waals surface area contributed by atoms with E-state index in [4.69, 9.17) is 0 Å². The van der Waals surface area contributed by atoms with E-state index in [-0.39, 0.29) is 0 Å². The quantitative estimate of drug-likeness (QED) is 0.343. The highest BCUT2D eigenvalue weighted by Gasteiger charge is 2.33. The van der Waals surface area contributed by atoms with Crippen molar-refractivity contribution >= 4 is 0 Å². The van der Waals surface area contributed by atoms with Gasteiger partial charge in [-0.1, -0.05) is 52.3 Å². The summed E-state index contributed by atoms with van der Waals surface area (Å²) < 4.78 is 0. The van der Waals surface area contributed by atoms with Gasteiger partial charge in [0.1, 0.15) is 0 Å². The van der Waals surface area contributed by atoms with E-state index in [1.54, 1.807) is 0 Å². The summed E-state index contributed by atoms with van der Waals surface area (Å²) in [5.74, 6) is 0.442. The molecule has 1 rings (SSSR count). The second-order valence-electron chi connectivity index (χ2n) is 9.85. The van der Waals surface area contributed by atoms with Crippen molar-refractivity contribution in [2.75, 3.05) is 40.3 Å². The fraction of sp³-hybridized carbons (Fsp3) is 0.840. The van der Waals surface area contributed by atoms with Gasteiger partial charge in [0.2, 0.25) is 0 Å². The number of rotatable bonds is 13. The van der Waals surface area contributed by atoms with Gasteiger partial charge in [-0.25, -0.2) is 0 Å². The molecular weight excluding hydrogens is 328 g/mol. The lowest BCUT2D eigenvalue weighted by atomic mass is 9.75. The lowest BCUT2D eigenvalue weighted by molar-refractivity contribution is 0.0754. The van der Waals surface area contributed by atoms with Crippen LogP contribution in [0.4, 0.5) is 0 Å². The second kappa shape index (κ2) is 11.4. The summed E-state index contributed by atoms with van der Waals surface area (Å²) >= 11 is 0. The molecule has 0 saturated carbocycles. The number of likely N-dealkylation sites (tertiary alicyclic amines) is 1. The Kier molecular flexibility index (Phi) is 10.3. The van der Waals surface area contributed by atoms with E-state index >= 15 is 0 Å². The molecule has 0 aromatic carbocycles. The van der Waals surface area contributed by atoms with Crippen molar-refractivity contribution in [1.82, 2.24) is 9.80 Å². The molecule has 2 atom stereocenters. The van der Waals surface area contributed by atoms with Crippen LogP contribution in [0.1, 0.15) is 79.1 Å². The first-order valence-corrected chi connectivity index (χ1v) is 11.4. The first-order valence-electron chi connectivity index (χ1n) is 11.4. The van der Waals surface area contributed by atoms with Gasteiger partial charge < -0.3 is 9.80 Å². The largest absolute Gasteiger partial charge is 0.306 e. The minimum atomic E-state index is 0.442. The third-order valence-corrected chi connectivity index (χ3v) is 7.62. The van der Waals surface area contributed by atoms with Crippen molar-refractivity contribution < 1.29 is 0 Å². The molecule has 0 spiro atoms. The Hall–Kier alpha value is -0.600. The highest BCUT2D eigenvalue weighted by atomic mass is 15.1. The highest BCUT2D eigenvalue weighted by molar-refractivity contribution is 5.06. The highest BCUT2D eigenvalue weighted by Crippen LogP contribution is 2.37. The summed E-state index contributed by atoms with van der Waals surface area (Å²) in [5, 5.41) is 0. The lowest BCUT2D eigenvalue weighted by Crippen LogP contribution is -2.44. The third-order valence-electron chi connectivity index (χ3n) is 7.62. The van der Waals surface area contributed by atoms with Gasteiger partial charge in [0.05, 0.1) is 0 Å². The zero-order valence-corrected chi connectivity index (χ0v) is 19.4. The molecule has 1 saturated heterocycles. The van der Waals surface area contributed by atoms with Gasteiger partial charge in [0.25, 0.3) is 0 Å². The standard InChI is InChI=1S/C25H48N2/c1-9-22(4)23(5)13-15-24(6,10-2)14-12-18-27(8)21-25(11-3)16-19-26(7)20-17-25/h9,22H,1,5,10-21H2,2-4,6-8H3/t22?,24-/m1/s1. The molecule has 2 nitrogen and oxygen atoms in total. The van der Waals surface area contributed by atoms with E-state index in [0.29, 0.717) is 16.7 Å². The van der Waals surface area contributed by atoms with Crippen LogP contribution < -0.4 is 0 Å². The van der Waals surface area contributed by atoms with Crippen molar-refractivity contribution in [1.29, 1.82) is 0 Å². The molecule has 0 amide bonds. The van der Waals surface area contributed by atoms with E-state index in [0.717, 1.165) is 6.42 Å². The van der Waals surface area contributed by atoms with Crippen molar-refractivity contribution in [3.8, 4) is 0 Å². The van der Waals surface area contributed by atoms with Gasteiger partial charge in [-0.3, -0.25) is 0 Å². The van der Waals surface area contributed by atoms with E-state index in [9.17, 15) is 0 Å². The van der Waals surface area contributed by atoms with Crippen molar-refractivity contribution in [3.05, 3.63) is 24.8 Å². The van der Waals surface area contributed by atoms with Gasteiger partial charge in [-0.15, -0.1) is 6.58 Å². The zero-order valence-electron chi connectivity index (χ0n) is 19.4. The summed E-state index contributed by atoms with van der Waals surface area (Å²) in [4.78, 5) is 5.10. The van der Waals surface area contributed by atoms with Crippen molar-refractivity contribution in [2.24, 2.45) is 16.7 Å². The Morgan fingerprint density at radius 1 is 1.26 bits per heavy atom. The number of allylic oxidation sites excluding steroid dienone is 2. The molecule has 1 aliphatic heterocycles. The molecule has 0 radical (unpaired) electrons. The van der Waals surface area contributed by atoms with Gasteiger partial charge in [0.15, 0.2) is 0 Å². The van der Waals surface area contributed by atoms with Gasteiger partial charge >= 0.3 is 0 Å². The topological polar surface area (TPSA) is 6.48 Å². The first kappa shape index (κ1) is 24.4. The van der Waals surface area contributed by atoms with E-state index in [1.165, 1.54) is 76.7 Å². The molecular formula is C25H48N2. The van der Waals surface area contributed by atoms with Crippen LogP contribution >= 0.6 is 0 Å². The van der Waals surface area contributed by atoms with Gasteiger partial charge in [-0.05, 0) is 95.4 Å². The van der Waals surface area contributed by atoms with Crippen LogP contribution in [0.25, 0.3) is 0 Å². The van der Waals surface area contributed by atoms with E-state index in [2.05, 4.69) is 64.7 Å². The van der Waals surface area contributed by atoms with Crippen LogP contribution in [-0.4, -0.2) is 50.1 Å². The molecule has 0 bridgehead atoms. The smallest absolute Gasteiger partial charge is 0.00358 e. The Balaban J connectivity index is 2.42. The third kappa shape index (κ3) is 8.11. The predicted molar refractivity (Wildman–Crippen MR) is 122 cm³/mol. The van der Waals surface area contributed by atoms with E-state index < -0.39 is 0 Å². The molecule has 0 N–H and O–H groups in total. The Morgan fingerprint density at radius 3 is 2.41 bits per heavy atom. The average molecular weight is 377 g/mol. The summed E-state index contributed by atoms with van der Waals surface area (Å²) in [6.45, 7) is 22.7. The van der Waals surface area contributed by atoms with Gasteiger partial charge in [0, 0.05) is 6.54 Å². The Labute approximate surface area is 171 Å². The lowest BCUT2D eigenvalue weighted by Gasteiger charge is -2.42. The monoisotopic (exact) mass is 376 g/mol. The molecule has 0 aromatic rings. The number of hydrogen-bond acceptors (Lipinski definition) is 2. The maximum absolute atomic E-state index is 4.28. The summed E-state index contributed by atoms with van der Waals surface area (Å²) in [7, 11) is 4.60. The summed E-state index contributed by atoms with van der Waals surface area (Å²) in [6, 6.07) is 0. The molecule has 0 aliphatic carbocycles. The van der Waals surface area contributed by atoms with Crippen LogP contribution in [-0.2, 0) is 0 Å². The fourth-order valence-corrected chi connectivity index (χ4v) is 4.48. The molecule has 0 aromatic heterocycles. The SMILES string of the molecule is C=CC(C)C(=C)CC[C@](C)(CC)CCCN(C)CC1(CC)CCN(C)CC1. The molecule has 2 heteroatoms. The van der Waals surface area contributed by atoms with Crippen LogP contribution in [0.5, 0.6) is 0 Å². The van der Waals surface area contributed by atoms with Crippen LogP contribution in [0.15, 0.2) is 24.8 Å². The first-order chi connectivity index (χ1) is 12.7. The number of hydrogen-bond donors (Lipinski definition) is 0. The van der Waals surface area contributed by atoms with E-state index in [1.807, 2.05) is 6.08 Å². The maximum Gasteiger partial charge on any atom is 0.00358 e. The van der Waals surface area contributed by atoms with Crippen LogP contribution in [0.2, 0.25) is 0 Å². The molecule has 1 aliphatic rings. The Morgan fingerprint density at radius 2 is 1.89 bits per heavy atom. The second-order valence-corrected chi connectivity index (χ2v) is 9.85. The molecule has 158 valence electrons. The summed E-state index contributed by atoms with van der Waals surface area (Å²) in [6.07, 6.45) is 12.4. The van der Waals surface area contributed by atoms with Crippen molar-refractivity contribution in [3.63, 3.8) is 0 Å². The molecule has 1 unspecified atom stereocenters. The minimum Gasteiger partial charge on any atom is -0.306 e. The number of piperidine rings is 1. The molecule has 1 fully saturated rings. The Bertz CT molecular complexity index is 447. The van der Waals surface area contributed by atoms with Gasteiger partial charge in [-0.2, -0.15) is 0 Å².